The molecule has 0 aliphatic rings. The Hall–Kier alpha value is -2.87. The first-order chi connectivity index (χ1) is 11.9. The van der Waals surface area contributed by atoms with Crippen molar-refractivity contribution in [2.75, 3.05) is 11.9 Å². The van der Waals surface area contributed by atoms with E-state index < -0.39 is 12.1 Å². The molecule has 0 saturated carbocycles. The maximum absolute atomic E-state index is 12.1. The number of carbonyl (C=O) groups excluding carboxylic acids is 1. The first kappa shape index (κ1) is 18.5. The van der Waals surface area contributed by atoms with Crippen LogP contribution in [-0.2, 0) is 4.79 Å². The number of unbranched alkanes of at least 4 members (excludes halogenated alkanes) is 1. The van der Waals surface area contributed by atoms with Gasteiger partial charge in [-0.05, 0) is 43.9 Å². The summed E-state index contributed by atoms with van der Waals surface area (Å²) in [5.74, 6) is -0.319. The van der Waals surface area contributed by atoms with Crippen molar-refractivity contribution in [2.24, 2.45) is 5.73 Å². The van der Waals surface area contributed by atoms with Gasteiger partial charge in [0, 0.05) is 23.7 Å². The van der Waals surface area contributed by atoms with Gasteiger partial charge in [0.1, 0.15) is 0 Å². The number of hydrogen-bond donors (Lipinski definition) is 5. The van der Waals surface area contributed by atoms with Crippen molar-refractivity contribution in [3.8, 4) is 0 Å². The second-order valence-electron chi connectivity index (χ2n) is 5.90. The van der Waals surface area contributed by atoms with E-state index in [0.29, 0.717) is 37.0 Å². The second-order valence-corrected chi connectivity index (χ2v) is 5.90. The van der Waals surface area contributed by atoms with Crippen molar-refractivity contribution in [3.63, 3.8) is 0 Å². The Morgan fingerprint density at radius 1 is 1.28 bits per heavy atom. The average Bonchev–Trinajstić information content (AvgIpc) is 2.53. The third-order valence-corrected chi connectivity index (χ3v) is 3.87. The van der Waals surface area contributed by atoms with Gasteiger partial charge < -0.3 is 26.5 Å². The summed E-state index contributed by atoms with van der Waals surface area (Å²) in [6.45, 7) is 2.19. The van der Waals surface area contributed by atoms with Crippen molar-refractivity contribution < 1.29 is 14.7 Å². The van der Waals surface area contributed by atoms with E-state index in [-0.39, 0.29) is 11.5 Å². The molecule has 1 aromatic heterocycles. The van der Waals surface area contributed by atoms with Crippen LogP contribution in [0.5, 0.6) is 0 Å². The van der Waals surface area contributed by atoms with E-state index in [1.807, 2.05) is 13.0 Å². The first-order valence-corrected chi connectivity index (χ1v) is 8.04. The van der Waals surface area contributed by atoms with Crippen LogP contribution in [0.4, 0.5) is 10.5 Å². The summed E-state index contributed by atoms with van der Waals surface area (Å²) in [6, 6.07) is 6.13. The van der Waals surface area contributed by atoms with Gasteiger partial charge in [-0.2, -0.15) is 0 Å². The highest BCUT2D eigenvalue weighted by Crippen LogP contribution is 2.19. The molecule has 0 radical (unpaired) electrons. The fourth-order valence-corrected chi connectivity index (χ4v) is 2.56. The Balaban J connectivity index is 1.92. The summed E-state index contributed by atoms with van der Waals surface area (Å²) in [5.41, 5.74) is 7.74. The van der Waals surface area contributed by atoms with Gasteiger partial charge in [0.2, 0.25) is 11.5 Å². The summed E-state index contributed by atoms with van der Waals surface area (Å²) in [6.07, 6.45) is 0.645. The number of nitrogens with two attached hydrogens (primary N) is 1. The van der Waals surface area contributed by atoms with E-state index in [9.17, 15) is 14.4 Å². The number of aryl methyl sites for hydroxylation is 1. The summed E-state index contributed by atoms with van der Waals surface area (Å²) in [4.78, 5) is 36.8. The summed E-state index contributed by atoms with van der Waals surface area (Å²) >= 11 is 0. The van der Waals surface area contributed by atoms with Crippen molar-refractivity contribution in [2.45, 2.75) is 32.2 Å². The highest BCUT2D eigenvalue weighted by molar-refractivity contribution is 5.96. The predicted octanol–water partition coefficient (Wildman–Crippen LogP) is 1.54. The lowest BCUT2D eigenvalue weighted by Crippen LogP contribution is -2.35. The summed E-state index contributed by atoms with van der Waals surface area (Å²) < 4.78 is 0. The van der Waals surface area contributed by atoms with Gasteiger partial charge in [0.25, 0.3) is 0 Å². The minimum Gasteiger partial charge on any atom is -0.465 e. The number of benzene rings is 1. The topological polar surface area (TPSA) is 137 Å². The molecule has 1 atom stereocenters. The SMILES string of the molecule is Cc1cc(=O)[nH]c2cc(NC(=O)C(N)CCCCNC(=O)O)ccc12. The van der Waals surface area contributed by atoms with E-state index >= 15 is 0 Å². The molecule has 1 unspecified atom stereocenters. The maximum Gasteiger partial charge on any atom is 0.404 e. The number of rotatable bonds is 7. The number of amides is 2. The fourth-order valence-electron chi connectivity index (χ4n) is 2.56. The van der Waals surface area contributed by atoms with Crippen LogP contribution in [0.25, 0.3) is 10.9 Å². The molecule has 2 aromatic rings. The van der Waals surface area contributed by atoms with Gasteiger partial charge >= 0.3 is 6.09 Å². The average molecular weight is 346 g/mol. The molecule has 2 amide bonds. The Morgan fingerprint density at radius 3 is 2.76 bits per heavy atom. The Morgan fingerprint density at radius 2 is 2.04 bits per heavy atom. The highest BCUT2D eigenvalue weighted by atomic mass is 16.4. The molecule has 0 saturated heterocycles. The predicted molar refractivity (Wildman–Crippen MR) is 95.8 cm³/mol. The van der Waals surface area contributed by atoms with Crippen LogP contribution in [0.15, 0.2) is 29.1 Å². The number of H-pyrrole nitrogens is 1. The summed E-state index contributed by atoms with van der Waals surface area (Å²) in [5, 5.41) is 14.4. The molecule has 25 heavy (non-hydrogen) atoms. The van der Waals surface area contributed by atoms with Crippen LogP contribution in [0, 0.1) is 6.92 Å². The zero-order valence-electron chi connectivity index (χ0n) is 14.0. The maximum atomic E-state index is 12.1. The van der Waals surface area contributed by atoms with E-state index in [0.717, 1.165) is 10.9 Å². The normalized spacial score (nSPS) is 11.9. The lowest BCUT2D eigenvalue weighted by atomic mass is 10.1. The number of anilines is 1. The minimum atomic E-state index is -1.06. The number of hydrogen-bond acceptors (Lipinski definition) is 4. The van der Waals surface area contributed by atoms with E-state index in [2.05, 4.69) is 15.6 Å². The number of pyridine rings is 1. The van der Waals surface area contributed by atoms with Crippen LogP contribution in [0.1, 0.15) is 24.8 Å². The molecule has 6 N–H and O–H groups in total. The molecular formula is C17H22N4O4. The van der Waals surface area contributed by atoms with E-state index in [1.54, 1.807) is 12.1 Å². The molecular weight excluding hydrogens is 324 g/mol. The van der Waals surface area contributed by atoms with Gasteiger partial charge in [-0.15, -0.1) is 0 Å². The Labute approximate surface area is 144 Å². The molecule has 8 nitrogen and oxygen atoms in total. The standard InChI is InChI=1S/C17H22N4O4/c1-10-8-15(22)21-14-9-11(5-6-12(10)14)20-16(23)13(18)4-2-3-7-19-17(24)25/h5-6,8-9,13,19H,2-4,7,18H2,1H3,(H,20,23)(H,21,22)(H,24,25). The van der Waals surface area contributed by atoms with Crippen molar-refractivity contribution in [1.29, 1.82) is 0 Å². The molecule has 0 fully saturated rings. The summed E-state index contributed by atoms with van der Waals surface area (Å²) in [7, 11) is 0. The largest absolute Gasteiger partial charge is 0.465 e. The fraction of sp³-hybridized carbons (Fsp3) is 0.353. The third-order valence-electron chi connectivity index (χ3n) is 3.87. The van der Waals surface area contributed by atoms with Gasteiger partial charge in [-0.3, -0.25) is 9.59 Å². The first-order valence-electron chi connectivity index (χ1n) is 8.04. The van der Waals surface area contributed by atoms with Gasteiger partial charge in [0.05, 0.1) is 11.6 Å². The smallest absolute Gasteiger partial charge is 0.404 e. The van der Waals surface area contributed by atoms with Crippen molar-refractivity contribution in [1.82, 2.24) is 10.3 Å². The third kappa shape index (κ3) is 5.32. The molecule has 134 valence electrons. The van der Waals surface area contributed by atoms with Crippen LogP contribution >= 0.6 is 0 Å². The number of carboxylic acid groups (broad SMARTS) is 1. The van der Waals surface area contributed by atoms with E-state index in [4.69, 9.17) is 10.8 Å². The number of aromatic nitrogens is 1. The van der Waals surface area contributed by atoms with Crippen LogP contribution in [-0.4, -0.2) is 34.7 Å². The number of fused-ring (bicyclic) bond motifs is 1. The van der Waals surface area contributed by atoms with Gasteiger partial charge in [0.15, 0.2) is 0 Å². The van der Waals surface area contributed by atoms with E-state index in [1.165, 1.54) is 6.07 Å². The molecule has 0 aliphatic carbocycles. The molecule has 0 bridgehead atoms. The highest BCUT2D eigenvalue weighted by Gasteiger charge is 2.13. The van der Waals surface area contributed by atoms with Crippen LogP contribution in [0.2, 0.25) is 0 Å². The number of carbonyl (C=O) groups is 2. The Bertz CT molecular complexity index is 831. The van der Waals surface area contributed by atoms with Crippen molar-refractivity contribution >= 4 is 28.6 Å². The zero-order chi connectivity index (χ0) is 18.4. The molecule has 1 heterocycles. The lowest BCUT2D eigenvalue weighted by molar-refractivity contribution is -0.117. The minimum absolute atomic E-state index is 0.194. The van der Waals surface area contributed by atoms with Gasteiger partial charge in [-0.25, -0.2) is 4.79 Å². The second kappa shape index (κ2) is 8.29. The Kier molecular flexibility index (Phi) is 6.13. The quantitative estimate of drug-likeness (QED) is 0.484. The molecule has 1 aromatic carbocycles. The van der Waals surface area contributed by atoms with Crippen molar-refractivity contribution in [3.05, 3.63) is 40.2 Å². The molecule has 0 spiro atoms. The molecule has 2 rings (SSSR count). The van der Waals surface area contributed by atoms with Gasteiger partial charge in [-0.1, -0.05) is 6.07 Å². The molecule has 0 aliphatic heterocycles. The monoisotopic (exact) mass is 346 g/mol. The van der Waals surface area contributed by atoms with Crippen LogP contribution in [0.3, 0.4) is 0 Å². The number of nitrogens with one attached hydrogen (secondary N) is 3. The lowest BCUT2D eigenvalue weighted by Gasteiger charge is -2.13. The zero-order valence-corrected chi connectivity index (χ0v) is 14.0. The molecule has 8 heteroatoms. The van der Waals surface area contributed by atoms with Crippen LogP contribution < -0.4 is 21.9 Å². The number of aromatic amines is 1.